The lowest BCUT2D eigenvalue weighted by molar-refractivity contribution is -0.117. The van der Waals surface area contributed by atoms with Crippen molar-refractivity contribution in [2.24, 2.45) is 0 Å². The highest BCUT2D eigenvalue weighted by Gasteiger charge is 2.17. The van der Waals surface area contributed by atoms with Crippen LogP contribution in [0.3, 0.4) is 0 Å². The maximum absolute atomic E-state index is 12.3. The first-order valence-corrected chi connectivity index (χ1v) is 8.58. The number of aliphatic hydroxyl groups is 1. The fourth-order valence-electron chi connectivity index (χ4n) is 2.28. The number of ketones is 1. The van der Waals surface area contributed by atoms with E-state index in [9.17, 15) is 14.7 Å². The van der Waals surface area contributed by atoms with Gasteiger partial charge in [0.25, 0.3) is 0 Å². The van der Waals surface area contributed by atoms with Gasteiger partial charge in [0, 0.05) is 19.4 Å². The van der Waals surface area contributed by atoms with Crippen LogP contribution in [0, 0.1) is 0 Å². The van der Waals surface area contributed by atoms with Gasteiger partial charge in [-0.05, 0) is 45.3 Å². The van der Waals surface area contributed by atoms with Crippen molar-refractivity contribution in [1.29, 1.82) is 0 Å². The quantitative estimate of drug-likeness (QED) is 0.707. The van der Waals surface area contributed by atoms with Crippen LogP contribution in [0.1, 0.15) is 46.1 Å². The number of allylic oxidation sites excluding steroid dienone is 2. The van der Waals surface area contributed by atoms with Gasteiger partial charge >= 0.3 is 6.09 Å². The minimum atomic E-state index is -0.798. The molecule has 5 heteroatoms. The van der Waals surface area contributed by atoms with Crippen molar-refractivity contribution in [2.75, 3.05) is 6.54 Å². The number of benzene rings is 1. The second kappa shape index (κ2) is 9.99. The van der Waals surface area contributed by atoms with Crippen LogP contribution in [0.5, 0.6) is 0 Å². The van der Waals surface area contributed by atoms with Crippen LogP contribution in [0.25, 0.3) is 0 Å². The molecule has 0 radical (unpaired) electrons. The molecule has 0 bridgehead atoms. The average molecular weight is 347 g/mol. The number of Topliss-reactive ketones (excluding diaryl/α,β-unsaturated/α-hetero) is 1. The van der Waals surface area contributed by atoms with E-state index in [-0.39, 0.29) is 18.7 Å². The molecule has 0 aromatic heterocycles. The van der Waals surface area contributed by atoms with Crippen LogP contribution >= 0.6 is 0 Å². The second-order valence-electron chi connectivity index (χ2n) is 6.97. The number of hydrogen-bond acceptors (Lipinski definition) is 4. The van der Waals surface area contributed by atoms with Gasteiger partial charge in [-0.2, -0.15) is 0 Å². The van der Waals surface area contributed by atoms with E-state index < -0.39 is 17.8 Å². The van der Waals surface area contributed by atoms with Crippen molar-refractivity contribution >= 4 is 11.9 Å². The van der Waals surface area contributed by atoms with Crippen LogP contribution in [-0.2, 0) is 16.0 Å². The zero-order valence-electron chi connectivity index (χ0n) is 15.5. The third kappa shape index (κ3) is 9.05. The Morgan fingerprint density at radius 1 is 1.24 bits per heavy atom. The molecular formula is C20H29NO4. The summed E-state index contributed by atoms with van der Waals surface area (Å²) in [5.41, 5.74) is 1.19. The first-order chi connectivity index (χ1) is 11.7. The number of alkyl carbamates (subject to hydrolysis) is 1. The Balaban J connectivity index is 2.38. The Labute approximate surface area is 150 Å². The summed E-state index contributed by atoms with van der Waals surface area (Å²) in [7, 11) is 0. The molecule has 1 amide bonds. The zero-order valence-corrected chi connectivity index (χ0v) is 15.5. The molecule has 25 heavy (non-hydrogen) atoms. The molecule has 138 valence electrons. The van der Waals surface area contributed by atoms with E-state index in [1.54, 1.807) is 26.8 Å². The third-order valence-corrected chi connectivity index (χ3v) is 3.51. The molecule has 2 N–H and O–H groups in total. The average Bonchev–Trinajstić information content (AvgIpc) is 2.51. The van der Waals surface area contributed by atoms with Crippen molar-refractivity contribution in [3.8, 4) is 0 Å². The molecule has 1 aromatic rings. The second-order valence-corrected chi connectivity index (χ2v) is 6.97. The monoisotopic (exact) mass is 347 g/mol. The van der Waals surface area contributed by atoms with E-state index in [4.69, 9.17) is 4.74 Å². The Hall–Kier alpha value is -2.14. The van der Waals surface area contributed by atoms with Gasteiger partial charge in [0.1, 0.15) is 5.60 Å². The van der Waals surface area contributed by atoms with E-state index in [2.05, 4.69) is 5.32 Å². The smallest absolute Gasteiger partial charge is 0.407 e. The fourth-order valence-corrected chi connectivity index (χ4v) is 2.28. The number of hydrogen-bond donors (Lipinski definition) is 2. The van der Waals surface area contributed by atoms with Gasteiger partial charge in [0.2, 0.25) is 0 Å². The van der Waals surface area contributed by atoms with Crippen LogP contribution in [0.15, 0.2) is 42.0 Å². The van der Waals surface area contributed by atoms with Gasteiger partial charge < -0.3 is 15.2 Å². The van der Waals surface area contributed by atoms with Crippen molar-refractivity contribution in [1.82, 2.24) is 5.32 Å². The normalized spacial score (nSPS) is 13.2. The summed E-state index contributed by atoms with van der Waals surface area (Å²) in [6.45, 7) is 7.43. The van der Waals surface area contributed by atoms with Crippen molar-refractivity contribution < 1.29 is 19.4 Å². The Bertz CT molecular complexity index is 587. The summed E-state index contributed by atoms with van der Waals surface area (Å²) >= 11 is 0. The topological polar surface area (TPSA) is 75.6 Å². The summed E-state index contributed by atoms with van der Waals surface area (Å²) in [5.74, 6) is -0.0730. The lowest BCUT2D eigenvalue weighted by atomic mass is 9.97. The highest BCUT2D eigenvalue weighted by molar-refractivity contribution is 5.95. The van der Waals surface area contributed by atoms with Gasteiger partial charge in [-0.3, -0.25) is 4.79 Å². The SMILES string of the molecule is CC=C(Cc1ccccc1)C(=O)CC(O)CCNC(=O)OC(C)(C)C. The van der Waals surface area contributed by atoms with Crippen molar-refractivity contribution in [3.63, 3.8) is 0 Å². The molecule has 0 heterocycles. The summed E-state index contributed by atoms with van der Waals surface area (Å²) in [6.07, 6.45) is 1.37. The predicted octanol–water partition coefficient (Wildman–Crippen LogP) is 3.41. The molecule has 0 spiro atoms. The maximum Gasteiger partial charge on any atom is 0.407 e. The lowest BCUT2D eigenvalue weighted by Gasteiger charge is -2.20. The van der Waals surface area contributed by atoms with Crippen LogP contribution in [0.2, 0.25) is 0 Å². The highest BCUT2D eigenvalue weighted by atomic mass is 16.6. The number of amides is 1. The van der Waals surface area contributed by atoms with Gasteiger partial charge in [-0.25, -0.2) is 4.79 Å². The summed E-state index contributed by atoms with van der Waals surface area (Å²) < 4.78 is 5.11. The molecule has 0 saturated heterocycles. The number of aliphatic hydroxyl groups excluding tert-OH is 1. The fraction of sp³-hybridized carbons (Fsp3) is 0.500. The van der Waals surface area contributed by atoms with Crippen LogP contribution in [-0.4, -0.2) is 35.2 Å². The van der Waals surface area contributed by atoms with Crippen molar-refractivity contribution in [2.45, 2.75) is 58.7 Å². The third-order valence-electron chi connectivity index (χ3n) is 3.51. The number of carbonyl (C=O) groups excluding carboxylic acids is 2. The molecule has 0 aliphatic carbocycles. The van der Waals surface area contributed by atoms with Crippen LogP contribution < -0.4 is 5.32 Å². The predicted molar refractivity (Wildman–Crippen MR) is 98.4 cm³/mol. The molecular weight excluding hydrogens is 318 g/mol. The minimum absolute atomic E-state index is 0.0442. The van der Waals surface area contributed by atoms with Crippen LogP contribution in [0.4, 0.5) is 4.79 Å². The van der Waals surface area contributed by atoms with Gasteiger partial charge in [0.05, 0.1) is 6.10 Å². The van der Waals surface area contributed by atoms with Gasteiger partial charge in [0.15, 0.2) is 5.78 Å². The summed E-state index contributed by atoms with van der Waals surface area (Å²) in [6, 6.07) is 9.74. The molecule has 1 rings (SSSR count). The van der Waals surface area contributed by atoms with E-state index in [0.29, 0.717) is 18.4 Å². The number of rotatable bonds is 8. The molecule has 1 aromatic carbocycles. The molecule has 1 unspecified atom stereocenters. The molecule has 0 aliphatic heterocycles. The molecule has 0 saturated carbocycles. The minimum Gasteiger partial charge on any atom is -0.444 e. The van der Waals surface area contributed by atoms with Gasteiger partial charge in [-0.15, -0.1) is 0 Å². The molecule has 0 aliphatic rings. The van der Waals surface area contributed by atoms with E-state index >= 15 is 0 Å². The summed E-state index contributed by atoms with van der Waals surface area (Å²) in [4.78, 5) is 23.9. The van der Waals surface area contributed by atoms with E-state index in [1.165, 1.54) is 0 Å². The molecule has 0 fully saturated rings. The lowest BCUT2D eigenvalue weighted by Crippen LogP contribution is -2.34. The van der Waals surface area contributed by atoms with Gasteiger partial charge in [-0.1, -0.05) is 36.4 Å². The standard InChI is InChI=1S/C20H29NO4/c1-5-16(13-15-9-7-6-8-10-15)18(23)14-17(22)11-12-21-19(24)25-20(2,3)4/h5-10,17,22H,11-14H2,1-4H3,(H,21,24). The maximum atomic E-state index is 12.3. The zero-order chi connectivity index (χ0) is 18.9. The number of nitrogens with one attached hydrogen (secondary N) is 1. The first-order valence-electron chi connectivity index (χ1n) is 8.58. The first kappa shape index (κ1) is 20.9. The number of carbonyl (C=O) groups is 2. The Kier molecular flexibility index (Phi) is 8.35. The highest BCUT2D eigenvalue weighted by Crippen LogP contribution is 2.13. The summed E-state index contributed by atoms with van der Waals surface area (Å²) in [5, 5.41) is 12.6. The van der Waals surface area contributed by atoms with Crippen molar-refractivity contribution in [3.05, 3.63) is 47.5 Å². The Morgan fingerprint density at radius 3 is 2.44 bits per heavy atom. The van der Waals surface area contributed by atoms with E-state index in [0.717, 1.165) is 5.56 Å². The van der Waals surface area contributed by atoms with E-state index in [1.807, 2.05) is 37.3 Å². The largest absolute Gasteiger partial charge is 0.444 e. The molecule has 5 nitrogen and oxygen atoms in total. The molecule has 1 atom stereocenters. The Morgan fingerprint density at radius 2 is 1.88 bits per heavy atom. The number of ether oxygens (including phenoxy) is 1.